The Bertz CT molecular complexity index is 316. The summed E-state index contributed by atoms with van der Waals surface area (Å²) in [5.41, 5.74) is 0.964. The van der Waals surface area contributed by atoms with Crippen molar-refractivity contribution in [2.75, 3.05) is 25.7 Å². The van der Waals surface area contributed by atoms with Gasteiger partial charge in [-0.1, -0.05) is 12.1 Å². The lowest BCUT2D eigenvalue weighted by Gasteiger charge is -2.11. The Morgan fingerprint density at radius 3 is 2.25 bits per heavy atom. The normalized spacial score (nSPS) is 11.2. The zero-order valence-corrected chi connectivity index (χ0v) is 8.56. The standard InChI is InChI=1S/C9H14NOP/c1-10-8-6-4-5-7-9(8)12(2,3)11/h4-7,10H,1-3H3. The Kier molecular flexibility index (Phi) is 2.58. The second kappa shape index (κ2) is 3.32. The van der Waals surface area contributed by atoms with Gasteiger partial charge < -0.3 is 9.88 Å². The van der Waals surface area contributed by atoms with Crippen LogP contribution >= 0.6 is 7.14 Å². The molecule has 0 aliphatic carbocycles. The topological polar surface area (TPSA) is 29.1 Å². The van der Waals surface area contributed by atoms with Gasteiger partial charge in [0.15, 0.2) is 0 Å². The van der Waals surface area contributed by atoms with E-state index in [9.17, 15) is 4.57 Å². The van der Waals surface area contributed by atoms with Gasteiger partial charge >= 0.3 is 0 Å². The average Bonchev–Trinajstić information content (AvgIpc) is 2.03. The SMILES string of the molecule is CNc1ccccc1P(C)(C)=O. The van der Waals surface area contributed by atoms with Gasteiger partial charge in [0.1, 0.15) is 7.14 Å². The highest BCUT2D eigenvalue weighted by molar-refractivity contribution is 7.70. The van der Waals surface area contributed by atoms with Gasteiger partial charge in [-0.25, -0.2) is 0 Å². The molecule has 0 amide bonds. The van der Waals surface area contributed by atoms with Crippen LogP contribution in [0.15, 0.2) is 24.3 Å². The predicted molar refractivity (Wildman–Crippen MR) is 55.1 cm³/mol. The molecule has 1 aromatic rings. The van der Waals surface area contributed by atoms with E-state index in [1.165, 1.54) is 0 Å². The fraction of sp³-hybridized carbons (Fsp3) is 0.333. The van der Waals surface area contributed by atoms with Crippen molar-refractivity contribution in [3.05, 3.63) is 24.3 Å². The van der Waals surface area contributed by atoms with E-state index in [2.05, 4.69) is 5.32 Å². The van der Waals surface area contributed by atoms with E-state index >= 15 is 0 Å². The summed E-state index contributed by atoms with van der Waals surface area (Å²) in [5, 5.41) is 3.95. The predicted octanol–water partition coefficient (Wildman–Crippen LogP) is 1.98. The molecule has 0 unspecified atom stereocenters. The van der Waals surface area contributed by atoms with Gasteiger partial charge in [0.25, 0.3) is 0 Å². The molecular formula is C9H14NOP. The second-order valence-corrected chi connectivity index (χ2v) is 6.30. The van der Waals surface area contributed by atoms with Crippen LogP contribution in [0.25, 0.3) is 0 Å². The third-order valence-corrected chi connectivity index (χ3v) is 3.30. The lowest BCUT2D eigenvalue weighted by atomic mass is 10.3. The number of nitrogens with one attached hydrogen (secondary N) is 1. The van der Waals surface area contributed by atoms with E-state index in [4.69, 9.17) is 0 Å². The van der Waals surface area contributed by atoms with E-state index in [1.54, 1.807) is 13.3 Å². The summed E-state index contributed by atoms with van der Waals surface area (Å²) in [7, 11) is -0.293. The van der Waals surface area contributed by atoms with Crippen LogP contribution in [0.4, 0.5) is 5.69 Å². The largest absolute Gasteiger partial charge is 0.388 e. The van der Waals surface area contributed by atoms with Gasteiger partial charge in [-0.2, -0.15) is 0 Å². The Morgan fingerprint density at radius 2 is 1.83 bits per heavy atom. The van der Waals surface area contributed by atoms with Gasteiger partial charge in [0, 0.05) is 18.0 Å². The molecule has 2 nitrogen and oxygen atoms in total. The number of para-hydroxylation sites is 1. The number of anilines is 1. The highest BCUT2D eigenvalue weighted by Gasteiger charge is 2.13. The van der Waals surface area contributed by atoms with Crippen molar-refractivity contribution in [1.29, 1.82) is 0 Å². The summed E-state index contributed by atoms with van der Waals surface area (Å²) in [4.78, 5) is 0. The smallest absolute Gasteiger partial charge is 0.111 e. The van der Waals surface area contributed by atoms with Gasteiger partial charge in [0.2, 0.25) is 0 Å². The highest BCUT2D eigenvalue weighted by Crippen LogP contribution is 2.37. The maximum atomic E-state index is 11.8. The molecule has 0 aromatic heterocycles. The fourth-order valence-corrected chi connectivity index (χ4v) is 2.37. The third-order valence-electron chi connectivity index (χ3n) is 1.75. The molecule has 0 saturated carbocycles. The first-order valence-corrected chi connectivity index (χ1v) is 6.48. The maximum absolute atomic E-state index is 11.8. The Labute approximate surface area is 73.4 Å². The van der Waals surface area contributed by atoms with E-state index < -0.39 is 7.14 Å². The zero-order chi connectivity index (χ0) is 9.19. The molecule has 1 N–H and O–H groups in total. The summed E-state index contributed by atoms with van der Waals surface area (Å²) < 4.78 is 11.8. The molecule has 0 radical (unpaired) electrons. The van der Waals surface area contributed by atoms with Crippen molar-refractivity contribution in [2.24, 2.45) is 0 Å². The minimum atomic E-state index is -2.13. The highest BCUT2D eigenvalue weighted by atomic mass is 31.2. The van der Waals surface area contributed by atoms with Crippen LogP contribution in [0, 0.1) is 0 Å². The van der Waals surface area contributed by atoms with E-state index in [0.29, 0.717) is 0 Å². The van der Waals surface area contributed by atoms with Crippen molar-refractivity contribution in [3.63, 3.8) is 0 Å². The van der Waals surface area contributed by atoms with E-state index in [0.717, 1.165) is 11.0 Å². The van der Waals surface area contributed by atoms with Crippen molar-refractivity contribution >= 4 is 18.1 Å². The van der Waals surface area contributed by atoms with Crippen molar-refractivity contribution < 1.29 is 4.57 Å². The fourth-order valence-electron chi connectivity index (χ4n) is 1.15. The molecule has 0 bridgehead atoms. The molecule has 12 heavy (non-hydrogen) atoms. The van der Waals surface area contributed by atoms with Crippen LogP contribution in [0.2, 0.25) is 0 Å². The minimum absolute atomic E-state index is 0.924. The summed E-state index contributed by atoms with van der Waals surface area (Å²) in [6.45, 7) is 3.56. The van der Waals surface area contributed by atoms with E-state index in [1.807, 2.05) is 31.3 Å². The minimum Gasteiger partial charge on any atom is -0.388 e. The summed E-state index contributed by atoms with van der Waals surface area (Å²) in [5.74, 6) is 0. The maximum Gasteiger partial charge on any atom is 0.111 e. The number of benzene rings is 1. The third kappa shape index (κ3) is 1.89. The molecule has 0 aliphatic heterocycles. The molecule has 0 saturated heterocycles. The molecule has 1 aromatic carbocycles. The molecule has 0 aliphatic rings. The Morgan fingerprint density at radius 1 is 1.25 bits per heavy atom. The van der Waals surface area contributed by atoms with Crippen LogP contribution in [0.3, 0.4) is 0 Å². The van der Waals surface area contributed by atoms with Crippen molar-refractivity contribution in [1.82, 2.24) is 0 Å². The van der Waals surface area contributed by atoms with Gasteiger partial charge in [-0.05, 0) is 25.5 Å². The first-order chi connectivity index (χ1) is 5.55. The lowest BCUT2D eigenvalue weighted by molar-refractivity contribution is 0.588. The van der Waals surface area contributed by atoms with Crippen molar-refractivity contribution in [2.45, 2.75) is 0 Å². The van der Waals surface area contributed by atoms with Crippen LogP contribution < -0.4 is 10.6 Å². The first kappa shape index (κ1) is 9.34. The quantitative estimate of drug-likeness (QED) is 0.710. The summed E-state index contributed by atoms with van der Waals surface area (Å²) in [6, 6.07) is 7.70. The van der Waals surface area contributed by atoms with Crippen LogP contribution in [0.5, 0.6) is 0 Å². The number of hydrogen-bond acceptors (Lipinski definition) is 2. The summed E-state index contributed by atoms with van der Waals surface area (Å²) >= 11 is 0. The zero-order valence-electron chi connectivity index (χ0n) is 7.66. The number of rotatable bonds is 2. The molecule has 3 heteroatoms. The number of hydrogen-bond donors (Lipinski definition) is 1. The van der Waals surface area contributed by atoms with Crippen LogP contribution in [-0.2, 0) is 4.57 Å². The van der Waals surface area contributed by atoms with Gasteiger partial charge in [-0.15, -0.1) is 0 Å². The van der Waals surface area contributed by atoms with E-state index in [-0.39, 0.29) is 0 Å². The molecule has 0 spiro atoms. The molecule has 0 fully saturated rings. The monoisotopic (exact) mass is 183 g/mol. The Balaban J connectivity index is 3.23. The average molecular weight is 183 g/mol. The Hall–Kier alpha value is -0.750. The second-order valence-electron chi connectivity index (χ2n) is 3.12. The summed E-state index contributed by atoms with van der Waals surface area (Å²) in [6.07, 6.45) is 0. The molecule has 66 valence electrons. The van der Waals surface area contributed by atoms with Gasteiger partial charge in [-0.3, -0.25) is 0 Å². The van der Waals surface area contributed by atoms with Gasteiger partial charge in [0.05, 0.1) is 0 Å². The molecule has 0 heterocycles. The molecular weight excluding hydrogens is 169 g/mol. The van der Waals surface area contributed by atoms with Crippen LogP contribution in [-0.4, -0.2) is 20.4 Å². The van der Waals surface area contributed by atoms with Crippen molar-refractivity contribution in [3.8, 4) is 0 Å². The molecule has 1 rings (SSSR count). The van der Waals surface area contributed by atoms with Crippen LogP contribution in [0.1, 0.15) is 0 Å². The first-order valence-electron chi connectivity index (χ1n) is 3.88. The molecule has 0 atom stereocenters. The lowest BCUT2D eigenvalue weighted by Crippen LogP contribution is -2.08.